The molecule has 0 aliphatic carbocycles. The van der Waals surface area contributed by atoms with Crippen LogP contribution in [-0.4, -0.2) is 9.38 Å². The number of nitrogens with two attached hydrogens (primary N) is 1. The molecule has 0 radical (unpaired) electrons. The summed E-state index contributed by atoms with van der Waals surface area (Å²) in [5.74, 6) is 1.29. The molecule has 0 fully saturated rings. The average molecular weight is 313 g/mol. The maximum atomic E-state index is 6.07. The van der Waals surface area contributed by atoms with Crippen LogP contribution in [0.25, 0.3) is 17.1 Å². The summed E-state index contributed by atoms with van der Waals surface area (Å²) in [7, 11) is 0. The zero-order valence-electron chi connectivity index (χ0n) is 8.52. The summed E-state index contributed by atoms with van der Waals surface area (Å²) in [5.41, 5.74) is 7.12. The van der Waals surface area contributed by atoms with Gasteiger partial charge in [0.1, 0.15) is 0 Å². The van der Waals surface area contributed by atoms with Crippen LogP contribution in [0, 0.1) is 0 Å². The highest BCUT2D eigenvalue weighted by Crippen LogP contribution is 2.29. The fourth-order valence-electron chi connectivity index (χ4n) is 1.67. The number of anilines is 1. The lowest BCUT2D eigenvalue weighted by atomic mass is 10.3. The Kier molecular flexibility index (Phi) is 2.38. The molecule has 0 aliphatic rings. The molecule has 0 amide bonds. The van der Waals surface area contributed by atoms with Crippen molar-refractivity contribution in [1.82, 2.24) is 9.38 Å². The quantitative estimate of drug-likeness (QED) is 0.747. The average Bonchev–Trinajstić information content (AvgIpc) is 2.84. The monoisotopic (exact) mass is 311 g/mol. The standard InChI is InChI=1S/C11H7BrClN3O/c12-9-2-1-8(17-9)11-15-10(13)7-5-6(14)3-4-16(7)11/h1-5H,14H2. The fourth-order valence-corrected chi connectivity index (χ4v) is 2.20. The van der Waals surface area contributed by atoms with Gasteiger partial charge in [0.25, 0.3) is 0 Å². The number of aromatic nitrogens is 2. The molecule has 3 heterocycles. The second-order valence-electron chi connectivity index (χ2n) is 3.55. The third kappa shape index (κ3) is 1.71. The van der Waals surface area contributed by atoms with Crippen molar-refractivity contribution >= 4 is 38.7 Å². The highest BCUT2D eigenvalue weighted by molar-refractivity contribution is 9.10. The zero-order valence-corrected chi connectivity index (χ0v) is 10.9. The van der Waals surface area contributed by atoms with Crippen LogP contribution >= 0.6 is 27.5 Å². The predicted molar refractivity (Wildman–Crippen MR) is 70.0 cm³/mol. The fraction of sp³-hybridized carbons (Fsp3) is 0. The molecule has 0 spiro atoms. The van der Waals surface area contributed by atoms with E-state index in [1.165, 1.54) is 0 Å². The van der Waals surface area contributed by atoms with Gasteiger partial charge in [-0.25, -0.2) is 4.98 Å². The van der Waals surface area contributed by atoms with Crippen LogP contribution in [0.3, 0.4) is 0 Å². The number of rotatable bonds is 1. The molecule has 0 aromatic carbocycles. The van der Waals surface area contributed by atoms with Crippen LogP contribution in [0.1, 0.15) is 0 Å². The number of nitrogen functional groups attached to an aromatic ring is 1. The molecule has 0 aliphatic heterocycles. The number of nitrogens with zero attached hydrogens (tertiary/aromatic N) is 2. The molecule has 2 N–H and O–H groups in total. The van der Waals surface area contributed by atoms with Crippen molar-refractivity contribution in [3.63, 3.8) is 0 Å². The number of pyridine rings is 1. The van der Waals surface area contributed by atoms with Crippen molar-refractivity contribution < 1.29 is 4.42 Å². The van der Waals surface area contributed by atoms with Gasteiger partial charge in [-0.3, -0.25) is 4.40 Å². The molecule has 0 saturated carbocycles. The second kappa shape index (κ2) is 3.78. The Hall–Kier alpha value is -1.46. The van der Waals surface area contributed by atoms with Gasteiger partial charge in [-0.15, -0.1) is 0 Å². The number of imidazole rings is 1. The predicted octanol–water partition coefficient (Wildman–Crippen LogP) is 3.59. The smallest absolute Gasteiger partial charge is 0.182 e. The zero-order chi connectivity index (χ0) is 12.0. The lowest BCUT2D eigenvalue weighted by Gasteiger charge is -1.98. The molecule has 6 heteroatoms. The van der Waals surface area contributed by atoms with Crippen LogP contribution < -0.4 is 5.73 Å². The molecule has 3 rings (SSSR count). The summed E-state index contributed by atoms with van der Waals surface area (Å²) in [5, 5.41) is 0.403. The molecule has 3 aromatic heterocycles. The third-order valence-electron chi connectivity index (χ3n) is 2.42. The minimum atomic E-state index is 0.403. The largest absolute Gasteiger partial charge is 0.446 e. The Morgan fingerprint density at radius 1 is 1.35 bits per heavy atom. The Labute approximate surface area is 110 Å². The molecule has 17 heavy (non-hydrogen) atoms. The van der Waals surface area contributed by atoms with Gasteiger partial charge in [0.2, 0.25) is 0 Å². The molecule has 0 saturated heterocycles. The highest BCUT2D eigenvalue weighted by atomic mass is 79.9. The van der Waals surface area contributed by atoms with Crippen molar-refractivity contribution in [1.29, 1.82) is 0 Å². The highest BCUT2D eigenvalue weighted by Gasteiger charge is 2.14. The molecular formula is C11H7BrClN3O. The van der Waals surface area contributed by atoms with Crippen LogP contribution in [0.5, 0.6) is 0 Å². The summed E-state index contributed by atoms with van der Waals surface area (Å²) in [6.07, 6.45) is 1.81. The van der Waals surface area contributed by atoms with Gasteiger partial charge in [0.05, 0.1) is 5.52 Å². The number of furan rings is 1. The number of halogens is 2. The van der Waals surface area contributed by atoms with Crippen LogP contribution in [0.4, 0.5) is 5.69 Å². The molecular weight excluding hydrogens is 305 g/mol. The van der Waals surface area contributed by atoms with Crippen molar-refractivity contribution in [2.45, 2.75) is 0 Å². The first-order chi connectivity index (χ1) is 8.15. The summed E-state index contributed by atoms with van der Waals surface area (Å²) in [6, 6.07) is 7.19. The SMILES string of the molecule is Nc1ccn2c(-c3ccc(Br)o3)nc(Cl)c2c1. The molecule has 0 atom stereocenters. The van der Waals surface area contributed by atoms with Crippen molar-refractivity contribution in [3.8, 4) is 11.6 Å². The second-order valence-corrected chi connectivity index (χ2v) is 4.68. The van der Waals surface area contributed by atoms with E-state index in [2.05, 4.69) is 20.9 Å². The van der Waals surface area contributed by atoms with E-state index in [0.717, 1.165) is 5.52 Å². The first-order valence-electron chi connectivity index (χ1n) is 4.84. The first-order valence-corrected chi connectivity index (χ1v) is 6.01. The lowest BCUT2D eigenvalue weighted by molar-refractivity contribution is 0.551. The van der Waals surface area contributed by atoms with E-state index in [4.69, 9.17) is 21.8 Å². The minimum absolute atomic E-state index is 0.403. The van der Waals surface area contributed by atoms with E-state index in [-0.39, 0.29) is 0 Å². The van der Waals surface area contributed by atoms with Gasteiger partial charge in [-0.2, -0.15) is 0 Å². The Morgan fingerprint density at radius 3 is 2.88 bits per heavy atom. The Balaban J connectivity index is 2.31. The van der Waals surface area contributed by atoms with E-state index in [1.54, 1.807) is 12.1 Å². The Bertz CT molecular complexity index is 704. The van der Waals surface area contributed by atoms with E-state index in [0.29, 0.717) is 27.1 Å². The first kappa shape index (κ1) is 10.7. The summed E-state index contributed by atoms with van der Waals surface area (Å²) >= 11 is 9.32. The summed E-state index contributed by atoms with van der Waals surface area (Å²) in [4.78, 5) is 4.27. The normalized spacial score (nSPS) is 11.2. The van der Waals surface area contributed by atoms with Gasteiger partial charge >= 0.3 is 0 Å². The summed E-state index contributed by atoms with van der Waals surface area (Å²) < 4.78 is 7.95. The van der Waals surface area contributed by atoms with E-state index in [1.807, 2.05) is 22.7 Å². The molecule has 4 nitrogen and oxygen atoms in total. The lowest BCUT2D eigenvalue weighted by Crippen LogP contribution is -1.90. The van der Waals surface area contributed by atoms with Crippen LogP contribution in [0.2, 0.25) is 5.15 Å². The van der Waals surface area contributed by atoms with Crippen molar-refractivity contribution in [2.24, 2.45) is 0 Å². The molecule has 3 aromatic rings. The number of hydrogen-bond donors (Lipinski definition) is 1. The number of fused-ring (bicyclic) bond motifs is 1. The topological polar surface area (TPSA) is 56.5 Å². The van der Waals surface area contributed by atoms with Gasteiger partial charge in [-0.1, -0.05) is 11.6 Å². The molecule has 0 unspecified atom stereocenters. The van der Waals surface area contributed by atoms with Gasteiger partial charge < -0.3 is 10.2 Å². The molecule has 0 bridgehead atoms. The maximum Gasteiger partial charge on any atom is 0.182 e. The summed E-state index contributed by atoms with van der Waals surface area (Å²) in [6.45, 7) is 0. The van der Waals surface area contributed by atoms with Gasteiger partial charge in [0.15, 0.2) is 21.4 Å². The van der Waals surface area contributed by atoms with Crippen LogP contribution in [-0.2, 0) is 0 Å². The van der Waals surface area contributed by atoms with Crippen molar-refractivity contribution in [2.75, 3.05) is 5.73 Å². The Morgan fingerprint density at radius 2 is 2.18 bits per heavy atom. The van der Waals surface area contributed by atoms with Gasteiger partial charge in [0, 0.05) is 11.9 Å². The molecule has 86 valence electrons. The minimum Gasteiger partial charge on any atom is -0.446 e. The number of hydrogen-bond acceptors (Lipinski definition) is 3. The van der Waals surface area contributed by atoms with Gasteiger partial charge in [-0.05, 0) is 40.2 Å². The third-order valence-corrected chi connectivity index (χ3v) is 3.12. The van der Waals surface area contributed by atoms with E-state index >= 15 is 0 Å². The maximum absolute atomic E-state index is 6.07. The van der Waals surface area contributed by atoms with E-state index in [9.17, 15) is 0 Å². The van der Waals surface area contributed by atoms with E-state index < -0.39 is 0 Å². The van der Waals surface area contributed by atoms with Crippen LogP contribution in [0.15, 0.2) is 39.5 Å². The van der Waals surface area contributed by atoms with Crippen molar-refractivity contribution in [3.05, 3.63) is 40.3 Å².